The van der Waals surface area contributed by atoms with Gasteiger partial charge in [-0.05, 0) is 22.7 Å². The molecule has 0 bridgehead atoms. The van der Waals surface area contributed by atoms with Crippen molar-refractivity contribution in [1.82, 2.24) is 0 Å². The van der Waals surface area contributed by atoms with Crippen LogP contribution in [0, 0.1) is 4.91 Å². The molecule has 10 nitrogen and oxygen atoms in total. The van der Waals surface area contributed by atoms with E-state index in [-0.39, 0.29) is 22.5 Å². The van der Waals surface area contributed by atoms with Gasteiger partial charge >= 0.3 is 0 Å². The molecular formula is C10H7CuNO9S2. The minimum Gasteiger partial charge on any atom is -0.507 e. The first-order chi connectivity index (χ1) is 9.96. The summed E-state index contributed by atoms with van der Waals surface area (Å²) in [6.45, 7) is 0. The van der Waals surface area contributed by atoms with Crippen molar-refractivity contribution >= 4 is 36.7 Å². The number of aromatic hydroxyl groups is 2. The van der Waals surface area contributed by atoms with Crippen molar-refractivity contribution in [2.24, 2.45) is 5.18 Å². The molecular weight excluding hydrogens is 406 g/mol. The topological polar surface area (TPSA) is 179 Å². The Morgan fingerprint density at radius 3 is 1.91 bits per heavy atom. The molecule has 2 aromatic rings. The number of nitrogens with zero attached hydrogens (tertiary/aromatic N) is 1. The molecule has 0 unspecified atom stereocenters. The Balaban J connectivity index is 0.00000264. The molecule has 23 heavy (non-hydrogen) atoms. The Morgan fingerprint density at radius 1 is 0.913 bits per heavy atom. The summed E-state index contributed by atoms with van der Waals surface area (Å²) in [4.78, 5) is 8.80. The standard InChI is InChI=1S/C10H7NO9S2.Cu/c12-6-3-5(21(15,16)17)1-4-2-7(22(18,19)20)9(11-14)10(13)8(4)6;/h1-3,12-13H,(H,15,16,17)(H,18,19,20);. The molecule has 2 rings (SSSR count). The summed E-state index contributed by atoms with van der Waals surface area (Å²) < 4.78 is 62.5. The number of rotatable bonds is 3. The van der Waals surface area contributed by atoms with Crippen molar-refractivity contribution in [1.29, 1.82) is 0 Å². The first-order valence-corrected chi connectivity index (χ1v) is 8.16. The number of benzene rings is 2. The molecule has 0 saturated carbocycles. The molecule has 0 saturated heterocycles. The maximum absolute atomic E-state index is 11.2. The monoisotopic (exact) mass is 412 g/mol. The SMILES string of the molecule is O=Nc1c(S(=O)(=O)O)cc2cc(S(=O)(=O)O)cc(O)c2c1O.[Cu]. The summed E-state index contributed by atoms with van der Waals surface area (Å²) in [5.41, 5.74) is -1.05. The van der Waals surface area contributed by atoms with E-state index in [1.54, 1.807) is 0 Å². The van der Waals surface area contributed by atoms with Crippen LogP contribution in [0.4, 0.5) is 5.69 Å². The molecule has 129 valence electrons. The number of hydrogen-bond acceptors (Lipinski definition) is 8. The molecule has 0 amide bonds. The third kappa shape index (κ3) is 3.44. The zero-order chi connectivity index (χ0) is 16.9. The van der Waals surface area contributed by atoms with E-state index in [0.29, 0.717) is 12.1 Å². The van der Waals surface area contributed by atoms with Crippen LogP contribution in [-0.4, -0.2) is 36.2 Å². The van der Waals surface area contributed by atoms with Gasteiger partial charge in [0.2, 0.25) is 0 Å². The molecule has 2 aromatic carbocycles. The van der Waals surface area contributed by atoms with E-state index < -0.39 is 52.6 Å². The first kappa shape index (κ1) is 19.3. The van der Waals surface area contributed by atoms with Crippen LogP contribution in [0.1, 0.15) is 0 Å². The van der Waals surface area contributed by atoms with Gasteiger partial charge in [0, 0.05) is 23.1 Å². The van der Waals surface area contributed by atoms with Crippen LogP contribution >= 0.6 is 0 Å². The second-order valence-corrected chi connectivity index (χ2v) is 6.97. The third-order valence-corrected chi connectivity index (χ3v) is 4.47. The minimum absolute atomic E-state index is 0. The molecule has 1 radical (unpaired) electrons. The summed E-state index contributed by atoms with van der Waals surface area (Å²) in [5.74, 6) is -1.92. The van der Waals surface area contributed by atoms with Gasteiger partial charge in [-0.15, -0.1) is 4.91 Å². The number of phenols is 2. The number of hydrogen-bond donors (Lipinski definition) is 4. The maximum atomic E-state index is 11.2. The van der Waals surface area contributed by atoms with E-state index in [1.807, 2.05) is 0 Å². The largest absolute Gasteiger partial charge is 0.507 e. The Kier molecular flexibility index (Phi) is 5.06. The fourth-order valence-electron chi connectivity index (χ4n) is 1.87. The Bertz CT molecular complexity index is 1010. The van der Waals surface area contributed by atoms with Crippen LogP contribution < -0.4 is 0 Å². The van der Waals surface area contributed by atoms with Gasteiger partial charge in [0.15, 0.2) is 11.4 Å². The molecule has 0 aliphatic carbocycles. The van der Waals surface area contributed by atoms with Gasteiger partial charge in [-0.2, -0.15) is 16.8 Å². The molecule has 0 fully saturated rings. The van der Waals surface area contributed by atoms with E-state index in [9.17, 15) is 32.0 Å². The van der Waals surface area contributed by atoms with Gasteiger partial charge in [0.1, 0.15) is 10.6 Å². The number of nitroso groups, excluding NO2 is 1. The first-order valence-electron chi connectivity index (χ1n) is 5.28. The summed E-state index contributed by atoms with van der Waals surface area (Å²) >= 11 is 0. The van der Waals surface area contributed by atoms with Gasteiger partial charge < -0.3 is 10.2 Å². The smallest absolute Gasteiger partial charge is 0.296 e. The predicted octanol–water partition coefficient (Wildman–Crippen LogP) is 1.14. The Morgan fingerprint density at radius 2 is 1.48 bits per heavy atom. The third-order valence-electron chi connectivity index (χ3n) is 2.77. The van der Waals surface area contributed by atoms with Crippen LogP contribution in [0.5, 0.6) is 11.5 Å². The van der Waals surface area contributed by atoms with E-state index in [0.717, 1.165) is 6.07 Å². The van der Waals surface area contributed by atoms with Crippen LogP contribution in [0.25, 0.3) is 10.8 Å². The molecule has 0 aliphatic heterocycles. The summed E-state index contributed by atoms with van der Waals surface area (Å²) in [7, 11) is -9.70. The average Bonchev–Trinajstić information content (AvgIpc) is 2.35. The average molecular weight is 413 g/mol. The van der Waals surface area contributed by atoms with Crippen LogP contribution in [-0.2, 0) is 37.3 Å². The van der Waals surface area contributed by atoms with Gasteiger partial charge in [-0.25, -0.2) is 0 Å². The molecule has 0 atom stereocenters. The van der Waals surface area contributed by atoms with Crippen molar-refractivity contribution in [3.63, 3.8) is 0 Å². The van der Waals surface area contributed by atoms with E-state index >= 15 is 0 Å². The van der Waals surface area contributed by atoms with E-state index in [2.05, 4.69) is 5.18 Å². The quantitative estimate of drug-likeness (QED) is 0.326. The molecule has 0 aromatic heterocycles. The summed E-state index contributed by atoms with van der Waals surface area (Å²) in [6.07, 6.45) is 0. The summed E-state index contributed by atoms with van der Waals surface area (Å²) in [6, 6.07) is 1.93. The van der Waals surface area contributed by atoms with Crippen molar-refractivity contribution in [2.45, 2.75) is 9.79 Å². The van der Waals surface area contributed by atoms with E-state index in [1.165, 1.54) is 0 Å². The zero-order valence-corrected chi connectivity index (χ0v) is 13.2. The second kappa shape index (κ2) is 6.03. The number of fused-ring (bicyclic) bond motifs is 1. The Hall–Kier alpha value is -1.76. The van der Waals surface area contributed by atoms with Crippen LogP contribution in [0.3, 0.4) is 0 Å². The van der Waals surface area contributed by atoms with Crippen molar-refractivity contribution < 1.29 is 53.2 Å². The molecule has 0 aliphatic rings. The maximum Gasteiger partial charge on any atom is 0.296 e. The molecule has 13 heteroatoms. The molecule has 0 spiro atoms. The van der Waals surface area contributed by atoms with Crippen molar-refractivity contribution in [3.8, 4) is 11.5 Å². The van der Waals surface area contributed by atoms with Gasteiger partial charge in [-0.1, -0.05) is 0 Å². The van der Waals surface area contributed by atoms with Gasteiger partial charge in [0.05, 0.1) is 10.3 Å². The normalized spacial score (nSPS) is 11.9. The predicted molar refractivity (Wildman–Crippen MR) is 72.4 cm³/mol. The minimum atomic E-state index is -4.97. The van der Waals surface area contributed by atoms with Crippen molar-refractivity contribution in [2.75, 3.05) is 0 Å². The molecule has 0 heterocycles. The van der Waals surface area contributed by atoms with E-state index in [4.69, 9.17) is 9.11 Å². The Labute approximate surface area is 139 Å². The van der Waals surface area contributed by atoms with Crippen molar-refractivity contribution in [3.05, 3.63) is 23.1 Å². The van der Waals surface area contributed by atoms with Gasteiger partial charge in [0.25, 0.3) is 20.2 Å². The fourth-order valence-corrected chi connectivity index (χ4v) is 3.06. The second-order valence-electron chi connectivity index (χ2n) is 4.15. The summed E-state index contributed by atoms with van der Waals surface area (Å²) in [5, 5.41) is 21.0. The zero-order valence-electron chi connectivity index (χ0n) is 10.6. The van der Waals surface area contributed by atoms with Crippen LogP contribution in [0.2, 0.25) is 0 Å². The number of phenolic OH excluding ortho intramolecular Hbond substituents is 2. The molecule has 4 N–H and O–H groups in total. The van der Waals surface area contributed by atoms with Gasteiger partial charge in [-0.3, -0.25) is 9.11 Å². The van der Waals surface area contributed by atoms with Crippen LogP contribution in [0.15, 0.2) is 33.2 Å². The fraction of sp³-hybridized carbons (Fsp3) is 0.